The van der Waals surface area contributed by atoms with Gasteiger partial charge in [-0.25, -0.2) is 0 Å². The maximum atomic E-state index is 12.1. The summed E-state index contributed by atoms with van der Waals surface area (Å²) in [7, 11) is 0.999. The largest absolute Gasteiger partial charge is 0.378 e. The quantitative estimate of drug-likeness (QED) is 0.346. The van der Waals surface area contributed by atoms with Crippen molar-refractivity contribution < 1.29 is 8.95 Å². The highest BCUT2D eigenvalue weighted by Crippen LogP contribution is 2.26. The van der Waals surface area contributed by atoms with Gasteiger partial charge in [0.15, 0.2) is 5.96 Å². The molecule has 0 amide bonds. The number of halogens is 1. The smallest absolute Gasteiger partial charge is 0.193 e. The summed E-state index contributed by atoms with van der Waals surface area (Å²) in [4.78, 5) is 6.70. The fourth-order valence-electron chi connectivity index (χ4n) is 3.58. The summed E-state index contributed by atoms with van der Waals surface area (Å²) in [6.45, 7) is 9.69. The second-order valence-corrected chi connectivity index (χ2v) is 10.6. The second-order valence-electron chi connectivity index (χ2n) is 8.31. The molecule has 1 atom stereocenters. The van der Waals surface area contributed by atoms with E-state index in [9.17, 15) is 4.21 Å². The maximum absolute atomic E-state index is 12.1. The third-order valence-electron chi connectivity index (χ3n) is 5.25. The zero-order chi connectivity index (χ0) is 18.3. The Morgan fingerprint density at radius 2 is 1.81 bits per heavy atom. The number of piperidine rings is 1. The summed E-state index contributed by atoms with van der Waals surface area (Å²) in [6, 6.07) is 0. The molecule has 1 saturated heterocycles. The van der Waals surface area contributed by atoms with E-state index >= 15 is 0 Å². The molecule has 154 valence electrons. The van der Waals surface area contributed by atoms with Crippen LogP contribution < -0.4 is 5.32 Å². The molecule has 1 N–H and O–H groups in total. The average Bonchev–Trinajstić information content (AvgIpc) is 3.10. The highest BCUT2D eigenvalue weighted by molar-refractivity contribution is 14.0. The number of aliphatic imine (C=N–C) groups is 1. The number of rotatable bonds is 6. The van der Waals surface area contributed by atoms with Crippen molar-refractivity contribution in [2.24, 2.45) is 10.9 Å². The van der Waals surface area contributed by atoms with Crippen LogP contribution in [-0.4, -0.2) is 65.0 Å². The predicted molar refractivity (Wildman–Crippen MR) is 122 cm³/mol. The van der Waals surface area contributed by atoms with Gasteiger partial charge in [-0.1, -0.05) is 12.8 Å². The number of nitrogens with one attached hydrogen (secondary N) is 1. The third-order valence-corrected chi connectivity index (χ3v) is 7.19. The molecule has 5 nitrogen and oxygen atoms in total. The molecule has 1 heterocycles. The topological polar surface area (TPSA) is 53.9 Å². The lowest BCUT2D eigenvalue weighted by molar-refractivity contribution is 0.00104. The molecule has 0 aromatic carbocycles. The fraction of sp³-hybridized carbons (Fsp3) is 0.947. The first kappa shape index (κ1) is 24.1. The molecule has 26 heavy (non-hydrogen) atoms. The van der Waals surface area contributed by atoms with E-state index in [1.807, 2.05) is 27.8 Å². The zero-order valence-electron chi connectivity index (χ0n) is 17.0. The molecule has 1 saturated carbocycles. The Morgan fingerprint density at radius 1 is 1.19 bits per heavy atom. The fourth-order valence-corrected chi connectivity index (χ4v) is 4.48. The first-order valence-electron chi connectivity index (χ1n) is 9.86. The highest BCUT2D eigenvalue weighted by Gasteiger charge is 2.24. The number of hydrogen-bond donors (Lipinski definition) is 1. The molecule has 1 unspecified atom stereocenters. The molecule has 0 aromatic rings. The van der Waals surface area contributed by atoms with E-state index < -0.39 is 10.8 Å². The van der Waals surface area contributed by atoms with Gasteiger partial charge >= 0.3 is 0 Å². The summed E-state index contributed by atoms with van der Waals surface area (Å²) in [5.74, 6) is 2.39. The Bertz CT molecular complexity index is 454. The monoisotopic (exact) mass is 499 g/mol. The maximum Gasteiger partial charge on any atom is 0.193 e. The zero-order valence-corrected chi connectivity index (χ0v) is 20.1. The Balaban J connectivity index is 0.00000338. The molecule has 1 aliphatic carbocycles. The molecule has 0 spiro atoms. The number of ether oxygens (including phenoxy) is 1. The predicted octanol–water partition coefficient (Wildman–Crippen LogP) is 3.40. The van der Waals surface area contributed by atoms with Crippen molar-refractivity contribution in [3.63, 3.8) is 0 Å². The summed E-state index contributed by atoms with van der Waals surface area (Å²) >= 11 is 0. The van der Waals surface area contributed by atoms with Crippen LogP contribution in [0.3, 0.4) is 0 Å². The number of hydrogen-bond acceptors (Lipinski definition) is 3. The summed E-state index contributed by atoms with van der Waals surface area (Å²) in [6.07, 6.45) is 8.02. The Labute approximate surface area is 179 Å². The lowest BCUT2D eigenvalue weighted by atomic mass is 10.1. The van der Waals surface area contributed by atoms with Crippen LogP contribution in [-0.2, 0) is 15.5 Å². The van der Waals surface area contributed by atoms with Crippen molar-refractivity contribution >= 4 is 40.7 Å². The minimum atomic E-state index is -0.827. The summed E-state index contributed by atoms with van der Waals surface area (Å²) in [5, 5.41) is 3.38. The lowest BCUT2D eigenvalue weighted by Gasteiger charge is -2.34. The molecule has 2 aliphatic rings. The normalized spacial score (nSPS) is 21.5. The number of likely N-dealkylation sites (tertiary alicyclic amines) is 1. The number of guanidine groups is 1. The minimum Gasteiger partial charge on any atom is -0.378 e. The van der Waals surface area contributed by atoms with Gasteiger partial charge in [0.25, 0.3) is 0 Å². The molecule has 1 aliphatic heterocycles. The van der Waals surface area contributed by atoms with Gasteiger partial charge < -0.3 is 15.0 Å². The highest BCUT2D eigenvalue weighted by atomic mass is 127. The molecule has 2 rings (SSSR count). The molecule has 2 fully saturated rings. The standard InChI is InChI=1S/C19H37N3O2S.HI/c1-19(2,3)25(23)14-11-21-18(20-4)22-12-9-17(10-13-22)24-15-16-7-5-6-8-16;/h16-17H,5-15H2,1-4H3,(H,20,21);1H. The second kappa shape index (κ2) is 11.8. The van der Waals surface area contributed by atoms with Gasteiger partial charge in [0.05, 0.1) is 6.10 Å². The Morgan fingerprint density at radius 3 is 2.35 bits per heavy atom. The third kappa shape index (κ3) is 8.00. The molecular formula is C19H38IN3O2S. The van der Waals surface area contributed by atoms with Gasteiger partial charge in [0.2, 0.25) is 0 Å². The van der Waals surface area contributed by atoms with E-state index in [4.69, 9.17) is 4.74 Å². The Kier molecular flexibility index (Phi) is 11.0. The average molecular weight is 500 g/mol. The van der Waals surface area contributed by atoms with Crippen LogP contribution >= 0.6 is 24.0 Å². The van der Waals surface area contributed by atoms with Crippen molar-refractivity contribution in [3.8, 4) is 0 Å². The molecule has 0 aromatic heterocycles. The van der Waals surface area contributed by atoms with Gasteiger partial charge in [-0.15, -0.1) is 24.0 Å². The van der Waals surface area contributed by atoms with Gasteiger partial charge in [0.1, 0.15) is 0 Å². The van der Waals surface area contributed by atoms with Crippen LogP contribution in [0.15, 0.2) is 4.99 Å². The molecule has 7 heteroatoms. The summed E-state index contributed by atoms with van der Waals surface area (Å²) < 4.78 is 18.1. The van der Waals surface area contributed by atoms with Crippen LogP contribution in [0.25, 0.3) is 0 Å². The first-order chi connectivity index (χ1) is 11.9. The SMILES string of the molecule is CN=C(NCCS(=O)C(C)(C)C)N1CCC(OCC2CCCC2)CC1.I. The van der Waals surface area contributed by atoms with Crippen molar-refractivity contribution in [2.45, 2.75) is 70.1 Å². The number of nitrogens with zero attached hydrogens (tertiary/aromatic N) is 2. The first-order valence-corrected chi connectivity index (χ1v) is 11.2. The van der Waals surface area contributed by atoms with E-state index in [0.29, 0.717) is 18.4 Å². The minimum absolute atomic E-state index is 0. The van der Waals surface area contributed by atoms with Crippen LogP contribution in [0, 0.1) is 5.92 Å². The van der Waals surface area contributed by atoms with E-state index in [1.165, 1.54) is 25.7 Å². The van der Waals surface area contributed by atoms with Gasteiger partial charge in [-0.05, 0) is 52.4 Å². The van der Waals surface area contributed by atoms with Crippen molar-refractivity contribution in [1.29, 1.82) is 0 Å². The van der Waals surface area contributed by atoms with Crippen molar-refractivity contribution in [3.05, 3.63) is 0 Å². The van der Waals surface area contributed by atoms with Crippen LogP contribution in [0.5, 0.6) is 0 Å². The van der Waals surface area contributed by atoms with Gasteiger partial charge in [-0.3, -0.25) is 9.20 Å². The van der Waals surface area contributed by atoms with Gasteiger partial charge in [0, 0.05) is 54.6 Å². The molecule has 0 radical (unpaired) electrons. The van der Waals surface area contributed by atoms with E-state index in [-0.39, 0.29) is 28.7 Å². The van der Waals surface area contributed by atoms with Crippen LogP contribution in [0.1, 0.15) is 59.3 Å². The molecule has 0 bridgehead atoms. The van der Waals surface area contributed by atoms with E-state index in [1.54, 1.807) is 0 Å². The van der Waals surface area contributed by atoms with Crippen LogP contribution in [0.2, 0.25) is 0 Å². The van der Waals surface area contributed by atoms with Crippen molar-refractivity contribution in [2.75, 3.05) is 39.0 Å². The lowest BCUT2D eigenvalue weighted by Crippen LogP contribution is -2.48. The van der Waals surface area contributed by atoms with Crippen LogP contribution in [0.4, 0.5) is 0 Å². The Hall–Kier alpha value is 0.110. The summed E-state index contributed by atoms with van der Waals surface area (Å²) in [5.41, 5.74) is 0. The molecular weight excluding hydrogens is 461 g/mol. The van der Waals surface area contributed by atoms with Crippen molar-refractivity contribution in [1.82, 2.24) is 10.2 Å². The van der Waals surface area contributed by atoms with E-state index in [2.05, 4.69) is 15.2 Å². The van der Waals surface area contributed by atoms with E-state index in [0.717, 1.165) is 44.4 Å². The van der Waals surface area contributed by atoms with Gasteiger partial charge in [-0.2, -0.15) is 0 Å².